The number of halogens is 1. The Kier molecular flexibility index (Phi) is 2.33. The molecule has 0 radical (unpaired) electrons. The van der Waals surface area contributed by atoms with Gasteiger partial charge in [0, 0.05) is 11.1 Å². The van der Waals surface area contributed by atoms with Gasteiger partial charge in [0.1, 0.15) is 18.0 Å². The molecular weight excluding hydrogens is 193 g/mol. The molecule has 76 valence electrons. The smallest absolute Gasteiger partial charge is 0.130 e. The Balaban J connectivity index is 2.54. The van der Waals surface area contributed by atoms with Crippen molar-refractivity contribution in [3.8, 4) is 11.3 Å². The average molecular weight is 203 g/mol. The molecule has 1 aromatic carbocycles. The van der Waals surface area contributed by atoms with Gasteiger partial charge in [0.25, 0.3) is 0 Å². The maximum absolute atomic E-state index is 12.7. The SMILES string of the molecule is Cc1c(N)ncnc1-c1ccc(F)cc1. The molecule has 0 unspecified atom stereocenters. The Morgan fingerprint density at radius 3 is 2.47 bits per heavy atom. The van der Waals surface area contributed by atoms with Crippen molar-refractivity contribution >= 4 is 5.82 Å². The number of nitrogens with zero attached hydrogens (tertiary/aromatic N) is 2. The molecule has 0 spiro atoms. The highest BCUT2D eigenvalue weighted by molar-refractivity contribution is 5.66. The third-order valence-corrected chi connectivity index (χ3v) is 2.24. The number of benzene rings is 1. The molecule has 0 aliphatic heterocycles. The van der Waals surface area contributed by atoms with Crippen LogP contribution in [0.5, 0.6) is 0 Å². The molecule has 15 heavy (non-hydrogen) atoms. The molecule has 3 nitrogen and oxygen atoms in total. The van der Waals surface area contributed by atoms with Crippen LogP contribution in [0.15, 0.2) is 30.6 Å². The minimum atomic E-state index is -0.265. The summed E-state index contributed by atoms with van der Waals surface area (Å²) in [6.45, 7) is 1.84. The first-order valence-corrected chi connectivity index (χ1v) is 4.51. The average Bonchev–Trinajstić information content (AvgIpc) is 2.24. The van der Waals surface area contributed by atoms with E-state index in [1.807, 2.05) is 6.92 Å². The van der Waals surface area contributed by atoms with E-state index in [1.165, 1.54) is 18.5 Å². The first-order chi connectivity index (χ1) is 7.18. The lowest BCUT2D eigenvalue weighted by Gasteiger charge is -2.05. The maximum atomic E-state index is 12.7. The summed E-state index contributed by atoms with van der Waals surface area (Å²) in [6, 6.07) is 6.13. The van der Waals surface area contributed by atoms with E-state index in [0.29, 0.717) is 5.82 Å². The Labute approximate surface area is 86.8 Å². The fourth-order valence-corrected chi connectivity index (χ4v) is 1.36. The molecule has 2 N–H and O–H groups in total. The molecule has 2 rings (SSSR count). The van der Waals surface area contributed by atoms with Crippen LogP contribution in [0.3, 0.4) is 0 Å². The molecule has 0 bridgehead atoms. The number of rotatable bonds is 1. The summed E-state index contributed by atoms with van der Waals surface area (Å²) in [6.07, 6.45) is 1.40. The van der Waals surface area contributed by atoms with Crippen molar-refractivity contribution in [2.75, 3.05) is 5.73 Å². The van der Waals surface area contributed by atoms with Crippen molar-refractivity contribution in [3.63, 3.8) is 0 Å². The predicted octanol–water partition coefficient (Wildman–Crippen LogP) is 2.17. The van der Waals surface area contributed by atoms with Gasteiger partial charge in [0.05, 0.1) is 5.69 Å². The van der Waals surface area contributed by atoms with Crippen molar-refractivity contribution in [2.24, 2.45) is 0 Å². The van der Waals surface area contributed by atoms with Crippen LogP contribution in [0, 0.1) is 12.7 Å². The molecule has 0 amide bonds. The minimum absolute atomic E-state index is 0.265. The molecule has 0 fully saturated rings. The lowest BCUT2D eigenvalue weighted by Crippen LogP contribution is -1.98. The van der Waals surface area contributed by atoms with Crippen molar-refractivity contribution in [2.45, 2.75) is 6.92 Å². The topological polar surface area (TPSA) is 51.8 Å². The van der Waals surface area contributed by atoms with Gasteiger partial charge in [-0.1, -0.05) is 0 Å². The molecule has 4 heteroatoms. The van der Waals surface area contributed by atoms with E-state index < -0.39 is 0 Å². The normalized spacial score (nSPS) is 10.3. The summed E-state index contributed by atoms with van der Waals surface area (Å²) in [7, 11) is 0. The monoisotopic (exact) mass is 203 g/mol. The summed E-state index contributed by atoms with van der Waals surface area (Å²) in [5, 5.41) is 0. The zero-order valence-corrected chi connectivity index (χ0v) is 8.24. The van der Waals surface area contributed by atoms with Gasteiger partial charge >= 0.3 is 0 Å². The van der Waals surface area contributed by atoms with Crippen molar-refractivity contribution in [1.82, 2.24) is 9.97 Å². The lowest BCUT2D eigenvalue weighted by molar-refractivity contribution is 0.628. The Hall–Kier alpha value is -1.97. The van der Waals surface area contributed by atoms with Gasteiger partial charge in [0.15, 0.2) is 0 Å². The van der Waals surface area contributed by atoms with Gasteiger partial charge < -0.3 is 5.73 Å². The molecule has 0 saturated carbocycles. The minimum Gasteiger partial charge on any atom is -0.383 e. The highest BCUT2D eigenvalue weighted by atomic mass is 19.1. The molecular formula is C11H10FN3. The standard InChI is InChI=1S/C11H10FN3/c1-7-10(14-6-15-11(7)13)8-2-4-9(12)5-3-8/h2-6H,1H3,(H2,13,14,15). The highest BCUT2D eigenvalue weighted by Crippen LogP contribution is 2.22. The number of nitrogens with two attached hydrogens (primary N) is 1. The van der Waals surface area contributed by atoms with Gasteiger partial charge in [-0.2, -0.15) is 0 Å². The first-order valence-electron chi connectivity index (χ1n) is 4.51. The Morgan fingerprint density at radius 1 is 1.13 bits per heavy atom. The van der Waals surface area contributed by atoms with Crippen LogP contribution >= 0.6 is 0 Å². The molecule has 0 aliphatic carbocycles. The highest BCUT2D eigenvalue weighted by Gasteiger charge is 2.06. The van der Waals surface area contributed by atoms with Gasteiger partial charge in [-0.05, 0) is 31.2 Å². The van der Waals surface area contributed by atoms with Gasteiger partial charge in [-0.25, -0.2) is 14.4 Å². The summed E-state index contributed by atoms with van der Waals surface area (Å²) in [5.41, 5.74) is 8.05. The number of hydrogen-bond donors (Lipinski definition) is 1. The van der Waals surface area contributed by atoms with Gasteiger partial charge in [-0.15, -0.1) is 0 Å². The van der Waals surface area contributed by atoms with Crippen molar-refractivity contribution < 1.29 is 4.39 Å². The lowest BCUT2D eigenvalue weighted by atomic mass is 10.1. The van der Waals surface area contributed by atoms with Crippen LogP contribution in [-0.4, -0.2) is 9.97 Å². The number of aromatic nitrogens is 2. The fourth-order valence-electron chi connectivity index (χ4n) is 1.36. The summed E-state index contributed by atoms with van der Waals surface area (Å²) < 4.78 is 12.7. The van der Waals surface area contributed by atoms with E-state index in [-0.39, 0.29) is 5.82 Å². The number of hydrogen-bond acceptors (Lipinski definition) is 3. The second-order valence-corrected chi connectivity index (χ2v) is 3.24. The maximum Gasteiger partial charge on any atom is 0.130 e. The van der Waals surface area contributed by atoms with Crippen LogP contribution in [0.4, 0.5) is 10.2 Å². The second kappa shape index (κ2) is 3.65. The van der Waals surface area contributed by atoms with E-state index >= 15 is 0 Å². The second-order valence-electron chi connectivity index (χ2n) is 3.24. The van der Waals surface area contributed by atoms with Crippen LogP contribution in [0.1, 0.15) is 5.56 Å². The molecule has 0 atom stereocenters. The number of anilines is 1. The zero-order valence-electron chi connectivity index (χ0n) is 8.24. The van der Waals surface area contributed by atoms with E-state index in [9.17, 15) is 4.39 Å². The zero-order chi connectivity index (χ0) is 10.8. The van der Waals surface area contributed by atoms with E-state index in [2.05, 4.69) is 9.97 Å². The largest absolute Gasteiger partial charge is 0.383 e. The van der Waals surface area contributed by atoms with E-state index in [4.69, 9.17) is 5.73 Å². The van der Waals surface area contributed by atoms with Crippen LogP contribution in [0.25, 0.3) is 11.3 Å². The van der Waals surface area contributed by atoms with E-state index in [0.717, 1.165) is 16.8 Å². The fraction of sp³-hybridized carbons (Fsp3) is 0.0909. The molecule has 1 aromatic heterocycles. The summed E-state index contributed by atoms with van der Waals surface area (Å²) in [5.74, 6) is 0.183. The van der Waals surface area contributed by atoms with Crippen molar-refractivity contribution in [1.29, 1.82) is 0 Å². The van der Waals surface area contributed by atoms with Crippen LogP contribution < -0.4 is 5.73 Å². The van der Waals surface area contributed by atoms with Crippen molar-refractivity contribution in [3.05, 3.63) is 42.0 Å². The Bertz CT molecular complexity index is 480. The molecule has 2 aromatic rings. The molecule has 0 aliphatic rings. The Morgan fingerprint density at radius 2 is 1.80 bits per heavy atom. The summed E-state index contributed by atoms with van der Waals surface area (Å²) >= 11 is 0. The predicted molar refractivity (Wildman–Crippen MR) is 56.6 cm³/mol. The van der Waals surface area contributed by atoms with Crippen LogP contribution in [0.2, 0.25) is 0 Å². The first kappa shape index (κ1) is 9.58. The summed E-state index contributed by atoms with van der Waals surface area (Å²) in [4.78, 5) is 8.00. The van der Waals surface area contributed by atoms with E-state index in [1.54, 1.807) is 12.1 Å². The quantitative estimate of drug-likeness (QED) is 0.772. The third kappa shape index (κ3) is 1.79. The van der Waals surface area contributed by atoms with Gasteiger partial charge in [-0.3, -0.25) is 0 Å². The molecule has 1 heterocycles. The molecule has 0 saturated heterocycles. The third-order valence-electron chi connectivity index (χ3n) is 2.24. The van der Waals surface area contributed by atoms with Crippen LogP contribution in [-0.2, 0) is 0 Å². The number of nitrogen functional groups attached to an aromatic ring is 1. The van der Waals surface area contributed by atoms with Gasteiger partial charge in [0.2, 0.25) is 0 Å².